The molecule has 4 rings (SSSR count). The topological polar surface area (TPSA) is 47.3 Å². The van der Waals surface area contributed by atoms with Gasteiger partial charge in [0.2, 0.25) is 5.91 Å². The van der Waals surface area contributed by atoms with Crippen molar-refractivity contribution in [1.29, 1.82) is 5.26 Å². The molecule has 0 bridgehead atoms. The number of benzene rings is 1. The van der Waals surface area contributed by atoms with Crippen LogP contribution in [0.5, 0.6) is 0 Å². The third kappa shape index (κ3) is 3.94. The smallest absolute Gasteiger partial charge is 0.222 e. The number of fused-ring (bicyclic) bond motifs is 1. The second-order valence-corrected chi connectivity index (χ2v) is 8.49. The van der Waals surface area contributed by atoms with Crippen LogP contribution in [-0.4, -0.2) is 41.9 Å². The molecule has 0 aromatic heterocycles. The lowest BCUT2D eigenvalue weighted by Crippen LogP contribution is -2.36. The van der Waals surface area contributed by atoms with Crippen LogP contribution in [0.2, 0.25) is 0 Å². The van der Waals surface area contributed by atoms with Gasteiger partial charge in [0, 0.05) is 26.1 Å². The van der Waals surface area contributed by atoms with Crippen molar-refractivity contribution in [3.8, 4) is 6.07 Å². The first-order valence-corrected chi connectivity index (χ1v) is 10.2. The van der Waals surface area contributed by atoms with Gasteiger partial charge < -0.3 is 4.90 Å². The quantitative estimate of drug-likeness (QED) is 0.835. The van der Waals surface area contributed by atoms with Gasteiger partial charge in [-0.1, -0.05) is 18.6 Å². The molecule has 138 valence electrons. The number of nitriles is 1. The molecule has 2 aliphatic heterocycles. The largest absolute Gasteiger partial charge is 0.342 e. The van der Waals surface area contributed by atoms with Gasteiger partial charge in [0.05, 0.1) is 11.6 Å². The Labute approximate surface area is 156 Å². The Bertz CT molecular complexity index is 675. The van der Waals surface area contributed by atoms with Crippen molar-refractivity contribution < 1.29 is 4.79 Å². The Kier molecular flexibility index (Phi) is 5.26. The summed E-state index contributed by atoms with van der Waals surface area (Å²) in [5.74, 6) is 2.54. The Morgan fingerprint density at radius 2 is 1.85 bits per heavy atom. The number of hydrogen-bond acceptors (Lipinski definition) is 3. The molecular weight excluding hydrogens is 322 g/mol. The van der Waals surface area contributed by atoms with E-state index in [4.69, 9.17) is 5.26 Å². The summed E-state index contributed by atoms with van der Waals surface area (Å²) in [6.45, 7) is 5.07. The minimum atomic E-state index is 0.402. The van der Waals surface area contributed by atoms with Crippen LogP contribution in [0.25, 0.3) is 0 Å². The number of carbonyl (C=O) groups is 1. The van der Waals surface area contributed by atoms with Gasteiger partial charge in [-0.05, 0) is 74.2 Å². The second kappa shape index (κ2) is 7.80. The first-order valence-electron chi connectivity index (χ1n) is 10.2. The van der Waals surface area contributed by atoms with Crippen LogP contribution in [0, 0.1) is 29.1 Å². The average Bonchev–Trinajstić information content (AvgIpc) is 3.25. The van der Waals surface area contributed by atoms with E-state index >= 15 is 0 Å². The zero-order chi connectivity index (χ0) is 17.9. The zero-order valence-corrected chi connectivity index (χ0v) is 15.6. The molecular formula is C22H29N3O. The average molecular weight is 351 g/mol. The summed E-state index contributed by atoms with van der Waals surface area (Å²) < 4.78 is 0. The number of rotatable bonds is 4. The molecule has 26 heavy (non-hydrogen) atoms. The standard InChI is InChI=1S/C22H29N3O/c23-13-18-3-1-4-19(11-18)14-24-9-7-17(8-10-24)12-22(26)25-15-20-5-2-6-21(20)16-25/h1,3-4,11,17,20-21H,2,5-10,12,14-16H2. The predicted molar refractivity (Wildman–Crippen MR) is 101 cm³/mol. The number of amides is 1. The molecule has 0 N–H and O–H groups in total. The maximum Gasteiger partial charge on any atom is 0.222 e. The fourth-order valence-corrected chi connectivity index (χ4v) is 5.16. The van der Waals surface area contributed by atoms with Crippen molar-refractivity contribution in [3.05, 3.63) is 35.4 Å². The molecule has 0 spiro atoms. The molecule has 3 aliphatic rings. The van der Waals surface area contributed by atoms with Crippen LogP contribution in [0.4, 0.5) is 0 Å². The van der Waals surface area contributed by atoms with E-state index in [1.807, 2.05) is 18.2 Å². The summed E-state index contributed by atoms with van der Waals surface area (Å²) >= 11 is 0. The summed E-state index contributed by atoms with van der Waals surface area (Å²) in [5, 5.41) is 9.03. The minimum absolute atomic E-state index is 0.402. The van der Waals surface area contributed by atoms with E-state index in [1.165, 1.54) is 24.8 Å². The van der Waals surface area contributed by atoms with Crippen LogP contribution in [0.3, 0.4) is 0 Å². The fraction of sp³-hybridized carbons (Fsp3) is 0.636. The van der Waals surface area contributed by atoms with Gasteiger partial charge in [0.15, 0.2) is 0 Å². The first-order chi connectivity index (χ1) is 12.7. The Morgan fingerprint density at radius 3 is 2.54 bits per heavy atom. The van der Waals surface area contributed by atoms with E-state index in [9.17, 15) is 4.79 Å². The predicted octanol–water partition coefficient (Wildman–Crippen LogP) is 3.42. The van der Waals surface area contributed by atoms with Gasteiger partial charge in [-0.3, -0.25) is 9.69 Å². The molecule has 2 atom stereocenters. The molecule has 4 nitrogen and oxygen atoms in total. The van der Waals surface area contributed by atoms with Crippen molar-refractivity contribution in [1.82, 2.24) is 9.80 Å². The highest BCUT2D eigenvalue weighted by molar-refractivity contribution is 5.76. The maximum absolute atomic E-state index is 12.7. The van der Waals surface area contributed by atoms with E-state index in [0.29, 0.717) is 11.8 Å². The number of piperidine rings is 1. The van der Waals surface area contributed by atoms with Crippen molar-refractivity contribution in [3.63, 3.8) is 0 Å². The maximum atomic E-state index is 12.7. The molecule has 1 amide bonds. The van der Waals surface area contributed by atoms with E-state index in [0.717, 1.165) is 69.4 Å². The van der Waals surface area contributed by atoms with Gasteiger partial charge in [-0.2, -0.15) is 5.26 Å². The van der Waals surface area contributed by atoms with Crippen molar-refractivity contribution in [2.24, 2.45) is 17.8 Å². The lowest BCUT2D eigenvalue weighted by molar-refractivity contribution is -0.131. The summed E-state index contributed by atoms with van der Waals surface area (Å²) in [6, 6.07) is 10.1. The minimum Gasteiger partial charge on any atom is -0.342 e. The molecule has 2 heterocycles. The molecule has 3 fully saturated rings. The van der Waals surface area contributed by atoms with Crippen LogP contribution in [0.1, 0.15) is 49.7 Å². The highest BCUT2D eigenvalue weighted by Gasteiger charge is 2.38. The van der Waals surface area contributed by atoms with Crippen LogP contribution >= 0.6 is 0 Å². The van der Waals surface area contributed by atoms with Gasteiger partial charge in [-0.25, -0.2) is 0 Å². The summed E-state index contributed by atoms with van der Waals surface area (Å²) in [6.07, 6.45) is 7.01. The van der Waals surface area contributed by atoms with Crippen LogP contribution in [-0.2, 0) is 11.3 Å². The van der Waals surface area contributed by atoms with E-state index in [2.05, 4.69) is 21.9 Å². The number of hydrogen-bond donors (Lipinski definition) is 0. The molecule has 2 saturated heterocycles. The number of carbonyl (C=O) groups excluding carboxylic acids is 1. The second-order valence-electron chi connectivity index (χ2n) is 8.49. The molecule has 1 aromatic rings. The monoisotopic (exact) mass is 351 g/mol. The summed E-state index contributed by atoms with van der Waals surface area (Å²) in [7, 11) is 0. The molecule has 2 unspecified atom stereocenters. The lowest BCUT2D eigenvalue weighted by Gasteiger charge is -2.32. The van der Waals surface area contributed by atoms with Gasteiger partial charge in [0.25, 0.3) is 0 Å². The molecule has 0 radical (unpaired) electrons. The molecule has 1 saturated carbocycles. The van der Waals surface area contributed by atoms with Gasteiger partial charge in [-0.15, -0.1) is 0 Å². The van der Waals surface area contributed by atoms with E-state index < -0.39 is 0 Å². The van der Waals surface area contributed by atoms with Crippen LogP contribution in [0.15, 0.2) is 24.3 Å². The Balaban J connectivity index is 1.22. The Morgan fingerprint density at radius 1 is 1.12 bits per heavy atom. The van der Waals surface area contributed by atoms with Crippen molar-refractivity contribution in [2.45, 2.75) is 45.1 Å². The molecule has 4 heteroatoms. The first kappa shape index (κ1) is 17.5. The third-order valence-corrected chi connectivity index (χ3v) is 6.71. The number of nitrogens with zero attached hydrogens (tertiary/aromatic N) is 3. The lowest BCUT2D eigenvalue weighted by atomic mass is 9.92. The summed E-state index contributed by atoms with van der Waals surface area (Å²) in [5.41, 5.74) is 1.94. The summed E-state index contributed by atoms with van der Waals surface area (Å²) in [4.78, 5) is 17.3. The molecule has 1 aromatic carbocycles. The van der Waals surface area contributed by atoms with E-state index in [1.54, 1.807) is 0 Å². The zero-order valence-electron chi connectivity index (χ0n) is 15.6. The highest BCUT2D eigenvalue weighted by Crippen LogP contribution is 2.38. The van der Waals surface area contributed by atoms with Gasteiger partial charge >= 0.3 is 0 Å². The van der Waals surface area contributed by atoms with Crippen molar-refractivity contribution >= 4 is 5.91 Å². The Hall–Kier alpha value is -1.86. The third-order valence-electron chi connectivity index (χ3n) is 6.71. The number of likely N-dealkylation sites (tertiary alicyclic amines) is 2. The SMILES string of the molecule is N#Cc1cccc(CN2CCC(CC(=O)N3CC4CCCC4C3)CC2)c1. The highest BCUT2D eigenvalue weighted by atomic mass is 16.2. The normalized spacial score (nSPS) is 26.7. The fourth-order valence-electron chi connectivity index (χ4n) is 5.16. The van der Waals surface area contributed by atoms with Gasteiger partial charge in [0.1, 0.15) is 0 Å². The van der Waals surface area contributed by atoms with E-state index in [-0.39, 0.29) is 0 Å². The van der Waals surface area contributed by atoms with Crippen molar-refractivity contribution in [2.75, 3.05) is 26.2 Å². The van der Waals surface area contributed by atoms with Crippen LogP contribution < -0.4 is 0 Å². The molecule has 1 aliphatic carbocycles.